The quantitative estimate of drug-likeness (QED) is 0.645. The Morgan fingerprint density at radius 3 is 2.77 bits per heavy atom. The van der Waals surface area contributed by atoms with Gasteiger partial charge in [-0.2, -0.15) is 5.10 Å². The van der Waals surface area contributed by atoms with Gasteiger partial charge >= 0.3 is 0 Å². The second-order valence-corrected chi connectivity index (χ2v) is 9.00. The fourth-order valence-electron chi connectivity index (χ4n) is 4.04. The van der Waals surface area contributed by atoms with Crippen molar-refractivity contribution >= 4 is 23.4 Å². The van der Waals surface area contributed by atoms with Gasteiger partial charge in [-0.3, -0.25) is 14.3 Å². The van der Waals surface area contributed by atoms with Crippen LogP contribution in [0, 0.1) is 5.92 Å². The van der Waals surface area contributed by atoms with Crippen molar-refractivity contribution < 1.29 is 9.59 Å². The minimum atomic E-state index is 0.0222. The number of nitrogens with one attached hydrogen (secondary N) is 1. The molecular weight excluding hydrogens is 412 g/mol. The Morgan fingerprint density at radius 2 is 2.06 bits per heavy atom. The number of benzene rings is 1. The minimum absolute atomic E-state index is 0.0222. The third kappa shape index (κ3) is 6.10. The molecule has 0 radical (unpaired) electrons. The van der Waals surface area contributed by atoms with E-state index in [1.807, 2.05) is 46.8 Å². The predicted octanol–water partition coefficient (Wildman–Crippen LogP) is 4.63. The van der Waals surface area contributed by atoms with E-state index in [0.717, 1.165) is 37.1 Å². The second-order valence-electron chi connectivity index (χ2n) is 8.59. The Balaban J connectivity index is 1.52. The lowest BCUT2D eigenvalue weighted by Gasteiger charge is -2.32. The van der Waals surface area contributed by atoms with Crippen LogP contribution in [0.15, 0.2) is 30.3 Å². The van der Waals surface area contributed by atoms with Crippen molar-refractivity contribution in [3.05, 3.63) is 52.3 Å². The summed E-state index contributed by atoms with van der Waals surface area (Å²) in [6.45, 7) is 8.76. The molecule has 6 nitrogen and oxygen atoms in total. The van der Waals surface area contributed by atoms with E-state index in [2.05, 4.69) is 24.3 Å². The summed E-state index contributed by atoms with van der Waals surface area (Å²) in [5, 5.41) is 8.20. The first-order valence-electron chi connectivity index (χ1n) is 11.3. The van der Waals surface area contributed by atoms with Crippen molar-refractivity contribution in [1.29, 1.82) is 0 Å². The highest BCUT2D eigenvalue weighted by Gasteiger charge is 2.27. The normalized spacial score (nSPS) is 16.5. The molecule has 7 heteroatoms. The minimum Gasteiger partial charge on any atom is -0.352 e. The van der Waals surface area contributed by atoms with Crippen LogP contribution < -0.4 is 5.32 Å². The van der Waals surface area contributed by atoms with Gasteiger partial charge < -0.3 is 10.2 Å². The highest BCUT2D eigenvalue weighted by atomic mass is 35.5. The van der Waals surface area contributed by atoms with E-state index in [9.17, 15) is 9.59 Å². The molecule has 168 valence electrons. The highest BCUT2D eigenvalue weighted by Crippen LogP contribution is 2.24. The molecule has 1 saturated heterocycles. The van der Waals surface area contributed by atoms with Crippen LogP contribution >= 0.6 is 11.6 Å². The molecule has 1 aromatic heterocycles. The molecule has 0 unspecified atom stereocenters. The number of piperidine rings is 1. The SMILES string of the molecule is CCn1nc(C(C)C)cc1C(=O)N1CCC[C@@H](CCC(=O)NCc2ccccc2Cl)C1. The van der Waals surface area contributed by atoms with Gasteiger partial charge in [0.2, 0.25) is 5.91 Å². The lowest BCUT2D eigenvalue weighted by atomic mass is 9.93. The fourth-order valence-corrected chi connectivity index (χ4v) is 4.24. The molecular formula is C24H33ClN4O2. The number of aryl methyl sites for hydroxylation is 1. The summed E-state index contributed by atoms with van der Waals surface area (Å²) < 4.78 is 1.81. The molecule has 0 aliphatic carbocycles. The van der Waals surface area contributed by atoms with Gasteiger partial charge in [-0.05, 0) is 55.7 Å². The number of likely N-dealkylation sites (tertiary alicyclic amines) is 1. The highest BCUT2D eigenvalue weighted by molar-refractivity contribution is 6.31. The van der Waals surface area contributed by atoms with E-state index in [1.54, 1.807) is 0 Å². The van der Waals surface area contributed by atoms with E-state index >= 15 is 0 Å². The molecule has 1 N–H and O–H groups in total. The number of nitrogens with zero attached hydrogens (tertiary/aromatic N) is 3. The third-order valence-electron chi connectivity index (χ3n) is 5.93. The molecule has 1 aliphatic rings. The maximum atomic E-state index is 13.2. The van der Waals surface area contributed by atoms with Gasteiger partial charge in [0, 0.05) is 37.6 Å². The van der Waals surface area contributed by atoms with Crippen molar-refractivity contribution in [2.45, 2.75) is 65.5 Å². The molecule has 0 bridgehead atoms. The number of aromatic nitrogens is 2. The van der Waals surface area contributed by atoms with Crippen LogP contribution in [0.2, 0.25) is 5.02 Å². The van der Waals surface area contributed by atoms with Crippen molar-refractivity contribution in [2.24, 2.45) is 5.92 Å². The lowest BCUT2D eigenvalue weighted by Crippen LogP contribution is -2.41. The molecule has 3 rings (SSSR count). The standard InChI is InChI=1S/C24H33ClN4O2/c1-4-29-22(14-21(27-29)17(2)3)24(31)28-13-7-8-18(16-28)11-12-23(30)26-15-19-9-5-6-10-20(19)25/h5-6,9-10,14,17-18H,4,7-8,11-13,15-16H2,1-3H3,(H,26,30)/t18-/m0/s1. The molecule has 1 atom stereocenters. The lowest BCUT2D eigenvalue weighted by molar-refractivity contribution is -0.121. The largest absolute Gasteiger partial charge is 0.352 e. The van der Waals surface area contributed by atoms with Crippen molar-refractivity contribution in [2.75, 3.05) is 13.1 Å². The summed E-state index contributed by atoms with van der Waals surface area (Å²) in [6, 6.07) is 9.46. The Bertz CT molecular complexity index is 909. The topological polar surface area (TPSA) is 67.2 Å². The summed E-state index contributed by atoms with van der Waals surface area (Å²) in [5.41, 5.74) is 2.54. The number of carbonyl (C=O) groups is 2. The van der Waals surface area contributed by atoms with Crippen molar-refractivity contribution in [3.8, 4) is 0 Å². The molecule has 2 aromatic rings. The molecule has 2 heterocycles. The summed E-state index contributed by atoms with van der Waals surface area (Å²) in [4.78, 5) is 27.4. The van der Waals surface area contributed by atoms with Gasteiger partial charge in [0.15, 0.2) is 0 Å². The van der Waals surface area contributed by atoms with Crippen LogP contribution in [0.5, 0.6) is 0 Å². The Labute approximate surface area is 190 Å². The monoisotopic (exact) mass is 444 g/mol. The zero-order valence-corrected chi connectivity index (χ0v) is 19.5. The summed E-state index contributed by atoms with van der Waals surface area (Å²) in [5.74, 6) is 0.701. The predicted molar refractivity (Wildman–Crippen MR) is 123 cm³/mol. The smallest absolute Gasteiger partial charge is 0.272 e. The second kappa shape index (κ2) is 10.8. The van der Waals surface area contributed by atoms with E-state index in [1.165, 1.54) is 0 Å². The van der Waals surface area contributed by atoms with Gasteiger partial charge in [-0.15, -0.1) is 0 Å². The number of rotatable bonds is 8. The number of halogens is 1. The van der Waals surface area contributed by atoms with Crippen molar-refractivity contribution in [3.63, 3.8) is 0 Å². The maximum Gasteiger partial charge on any atom is 0.272 e. The number of carbonyl (C=O) groups excluding carboxylic acids is 2. The van der Waals surface area contributed by atoms with Gasteiger partial charge in [-0.25, -0.2) is 0 Å². The molecule has 2 amide bonds. The van der Waals surface area contributed by atoms with Crippen LogP contribution in [0.25, 0.3) is 0 Å². The van der Waals surface area contributed by atoms with Crippen LogP contribution in [-0.4, -0.2) is 39.6 Å². The van der Waals surface area contributed by atoms with E-state index in [0.29, 0.717) is 42.7 Å². The van der Waals surface area contributed by atoms with Crippen molar-refractivity contribution in [1.82, 2.24) is 20.0 Å². The number of hydrogen-bond donors (Lipinski definition) is 1. The van der Waals surface area contributed by atoms with E-state index < -0.39 is 0 Å². The molecule has 31 heavy (non-hydrogen) atoms. The van der Waals surface area contributed by atoms with Gasteiger partial charge in [0.1, 0.15) is 5.69 Å². The van der Waals surface area contributed by atoms with Crippen LogP contribution in [0.4, 0.5) is 0 Å². The first kappa shape index (κ1) is 23.3. The average molecular weight is 445 g/mol. The Kier molecular flexibility index (Phi) is 8.13. The third-order valence-corrected chi connectivity index (χ3v) is 6.30. The zero-order valence-electron chi connectivity index (χ0n) is 18.7. The molecule has 1 aliphatic heterocycles. The first-order chi connectivity index (χ1) is 14.9. The number of amides is 2. The van der Waals surface area contributed by atoms with Crippen LogP contribution in [0.3, 0.4) is 0 Å². The maximum absolute atomic E-state index is 13.2. The van der Waals surface area contributed by atoms with Crippen LogP contribution in [-0.2, 0) is 17.9 Å². The average Bonchev–Trinajstić information content (AvgIpc) is 3.22. The summed E-state index contributed by atoms with van der Waals surface area (Å²) >= 11 is 6.15. The number of hydrogen-bond acceptors (Lipinski definition) is 3. The molecule has 0 saturated carbocycles. The molecule has 1 aromatic carbocycles. The summed E-state index contributed by atoms with van der Waals surface area (Å²) in [6.07, 6.45) is 3.25. The first-order valence-corrected chi connectivity index (χ1v) is 11.6. The summed E-state index contributed by atoms with van der Waals surface area (Å²) in [7, 11) is 0. The van der Waals surface area contributed by atoms with Crippen LogP contribution in [0.1, 0.15) is 74.1 Å². The molecule has 0 spiro atoms. The van der Waals surface area contributed by atoms with Gasteiger partial charge in [0.25, 0.3) is 5.91 Å². The van der Waals surface area contributed by atoms with Gasteiger partial charge in [-0.1, -0.05) is 43.6 Å². The fraction of sp³-hybridized carbons (Fsp3) is 0.542. The van der Waals surface area contributed by atoms with E-state index in [4.69, 9.17) is 11.6 Å². The Morgan fingerprint density at radius 1 is 1.29 bits per heavy atom. The molecule has 1 fully saturated rings. The zero-order chi connectivity index (χ0) is 22.4. The van der Waals surface area contributed by atoms with E-state index in [-0.39, 0.29) is 17.7 Å². The van der Waals surface area contributed by atoms with Gasteiger partial charge in [0.05, 0.1) is 5.69 Å². The Hall–Kier alpha value is -2.34.